The minimum atomic E-state index is -0.337. The van der Waals surface area contributed by atoms with Gasteiger partial charge in [-0.05, 0) is 13.8 Å². The number of rotatable bonds is 0. The fourth-order valence-electron chi connectivity index (χ4n) is 2.41. The van der Waals surface area contributed by atoms with Crippen LogP contribution in [0.25, 0.3) is 0 Å². The Hall–Kier alpha value is -1.07. The van der Waals surface area contributed by atoms with Crippen molar-refractivity contribution in [3.63, 3.8) is 0 Å². The molecule has 0 spiro atoms. The third-order valence-electron chi connectivity index (χ3n) is 3.31. The van der Waals surface area contributed by atoms with Crippen molar-refractivity contribution in [1.82, 2.24) is 10.2 Å². The van der Waals surface area contributed by atoms with Gasteiger partial charge in [0.15, 0.2) is 5.15 Å². The average molecular weight is 256 g/mol. The molecule has 6 heteroatoms. The minimum Gasteiger partial charge on any atom is -0.467 e. The summed E-state index contributed by atoms with van der Waals surface area (Å²) in [7, 11) is 0. The van der Waals surface area contributed by atoms with E-state index in [2.05, 4.69) is 15.1 Å². The average Bonchev–Trinajstić information content (AvgIpc) is 2.30. The van der Waals surface area contributed by atoms with Crippen molar-refractivity contribution in [2.45, 2.75) is 25.5 Å². The van der Waals surface area contributed by atoms with Gasteiger partial charge in [0.1, 0.15) is 11.3 Å². The summed E-state index contributed by atoms with van der Waals surface area (Å²) in [5, 5.41) is 8.23. The summed E-state index contributed by atoms with van der Waals surface area (Å²) in [5.74, 6) is 0.553. The molecule has 3 rings (SSSR count). The number of hydrogen-bond acceptors (Lipinski definition) is 5. The number of aromatic nitrogens is 2. The van der Waals surface area contributed by atoms with E-state index in [1.165, 1.54) is 0 Å². The second-order valence-corrected chi connectivity index (χ2v) is 5.23. The molecule has 0 aromatic carbocycles. The molecule has 17 heavy (non-hydrogen) atoms. The van der Waals surface area contributed by atoms with Gasteiger partial charge in [0.05, 0.1) is 19.3 Å². The van der Waals surface area contributed by atoms with Crippen LogP contribution in [0.15, 0.2) is 6.07 Å². The predicted molar refractivity (Wildman–Crippen MR) is 63.7 cm³/mol. The van der Waals surface area contributed by atoms with Crippen molar-refractivity contribution in [2.24, 2.45) is 0 Å². The van der Waals surface area contributed by atoms with Crippen LogP contribution in [-0.2, 0) is 4.74 Å². The molecule has 0 bridgehead atoms. The van der Waals surface area contributed by atoms with Gasteiger partial charge in [0.25, 0.3) is 5.88 Å². The summed E-state index contributed by atoms with van der Waals surface area (Å²) >= 11 is 5.89. The smallest absolute Gasteiger partial charge is 0.258 e. The molecule has 0 amide bonds. The summed E-state index contributed by atoms with van der Waals surface area (Å²) in [6, 6.07) is 1.99. The molecule has 1 unspecified atom stereocenters. The summed E-state index contributed by atoms with van der Waals surface area (Å²) in [4.78, 5) is 2.25. The number of halogens is 1. The van der Waals surface area contributed by atoms with Crippen LogP contribution in [0.3, 0.4) is 0 Å². The van der Waals surface area contributed by atoms with Crippen LogP contribution in [0.1, 0.15) is 13.8 Å². The van der Waals surface area contributed by atoms with Gasteiger partial charge >= 0.3 is 0 Å². The molecule has 1 fully saturated rings. The van der Waals surface area contributed by atoms with Crippen LogP contribution >= 0.6 is 11.6 Å². The molecule has 1 atom stereocenters. The maximum atomic E-state index is 5.89. The summed E-state index contributed by atoms with van der Waals surface area (Å²) in [6.45, 7) is 6.28. The zero-order valence-corrected chi connectivity index (χ0v) is 10.6. The van der Waals surface area contributed by atoms with Crippen LogP contribution in [0, 0.1) is 0 Å². The van der Waals surface area contributed by atoms with E-state index in [4.69, 9.17) is 21.1 Å². The highest BCUT2D eigenvalue weighted by molar-refractivity contribution is 6.29. The number of ether oxygens (including phenoxy) is 2. The van der Waals surface area contributed by atoms with Gasteiger partial charge in [-0.25, -0.2) is 0 Å². The van der Waals surface area contributed by atoms with E-state index >= 15 is 0 Å². The third-order valence-corrected chi connectivity index (χ3v) is 3.50. The van der Waals surface area contributed by atoms with Crippen LogP contribution in [0.2, 0.25) is 5.15 Å². The first-order valence-electron chi connectivity index (χ1n) is 5.64. The molecule has 2 aliphatic heterocycles. The van der Waals surface area contributed by atoms with Gasteiger partial charge in [-0.1, -0.05) is 11.6 Å². The predicted octanol–water partition coefficient (Wildman–Crippen LogP) is 1.51. The first-order chi connectivity index (χ1) is 8.08. The van der Waals surface area contributed by atoms with Gasteiger partial charge < -0.3 is 14.4 Å². The first-order valence-corrected chi connectivity index (χ1v) is 6.02. The molecule has 0 N–H and O–H groups in total. The van der Waals surface area contributed by atoms with Crippen molar-refractivity contribution in [1.29, 1.82) is 0 Å². The zero-order valence-electron chi connectivity index (χ0n) is 9.81. The number of morpholine rings is 1. The molecule has 1 aromatic rings. The number of anilines is 1. The Kier molecular flexibility index (Phi) is 2.41. The van der Waals surface area contributed by atoms with E-state index in [1.807, 2.05) is 13.8 Å². The van der Waals surface area contributed by atoms with E-state index in [-0.39, 0.29) is 11.6 Å². The molecule has 0 saturated carbocycles. The Morgan fingerprint density at radius 1 is 1.47 bits per heavy atom. The molecule has 2 aliphatic rings. The van der Waals surface area contributed by atoms with E-state index < -0.39 is 0 Å². The Morgan fingerprint density at radius 2 is 2.29 bits per heavy atom. The monoisotopic (exact) mass is 255 g/mol. The minimum absolute atomic E-state index is 0.184. The highest BCUT2D eigenvalue weighted by atomic mass is 35.5. The standard InChI is InChI=1S/C11H14ClN3O2/c1-11(2)8-6-16-4-3-15(8)7-5-9(12)13-14-10(7)17-11/h5,8H,3-4,6H2,1-2H3. The van der Waals surface area contributed by atoms with Crippen molar-refractivity contribution >= 4 is 17.3 Å². The van der Waals surface area contributed by atoms with Crippen molar-refractivity contribution < 1.29 is 9.47 Å². The summed E-state index contributed by atoms with van der Waals surface area (Å²) < 4.78 is 11.4. The van der Waals surface area contributed by atoms with Gasteiger partial charge in [-0.2, -0.15) is 0 Å². The summed E-state index contributed by atoms with van der Waals surface area (Å²) in [5.41, 5.74) is 0.577. The Labute approximate surface area is 105 Å². The summed E-state index contributed by atoms with van der Waals surface area (Å²) in [6.07, 6.45) is 0. The van der Waals surface area contributed by atoms with E-state index in [0.29, 0.717) is 24.2 Å². The van der Waals surface area contributed by atoms with Crippen LogP contribution in [-0.4, -0.2) is 41.6 Å². The molecular weight excluding hydrogens is 242 g/mol. The largest absolute Gasteiger partial charge is 0.467 e. The molecule has 1 aromatic heterocycles. The molecule has 5 nitrogen and oxygen atoms in total. The molecule has 92 valence electrons. The fraction of sp³-hybridized carbons (Fsp3) is 0.636. The van der Waals surface area contributed by atoms with Gasteiger partial charge in [-0.15, -0.1) is 10.2 Å². The molecule has 0 radical (unpaired) electrons. The topological polar surface area (TPSA) is 47.5 Å². The third kappa shape index (κ3) is 1.73. The Morgan fingerprint density at radius 3 is 3.12 bits per heavy atom. The SMILES string of the molecule is CC1(C)Oc2nnc(Cl)cc2N2CCOCC21. The van der Waals surface area contributed by atoms with Crippen LogP contribution in [0.5, 0.6) is 5.88 Å². The van der Waals surface area contributed by atoms with Crippen molar-refractivity contribution in [2.75, 3.05) is 24.7 Å². The lowest BCUT2D eigenvalue weighted by Crippen LogP contribution is -2.61. The highest BCUT2D eigenvalue weighted by Crippen LogP contribution is 2.40. The van der Waals surface area contributed by atoms with Gasteiger partial charge in [0.2, 0.25) is 0 Å². The number of fused-ring (bicyclic) bond motifs is 3. The van der Waals surface area contributed by atoms with E-state index in [0.717, 1.165) is 12.2 Å². The Bertz CT molecular complexity index is 452. The fourth-order valence-corrected chi connectivity index (χ4v) is 2.55. The lowest BCUT2D eigenvalue weighted by atomic mass is 9.94. The van der Waals surface area contributed by atoms with Crippen LogP contribution < -0.4 is 9.64 Å². The maximum absolute atomic E-state index is 5.89. The molecule has 0 aliphatic carbocycles. The maximum Gasteiger partial charge on any atom is 0.258 e. The number of nitrogens with zero attached hydrogens (tertiary/aromatic N) is 3. The molecule has 3 heterocycles. The molecular formula is C11H14ClN3O2. The zero-order chi connectivity index (χ0) is 12.0. The van der Waals surface area contributed by atoms with Crippen LogP contribution in [0.4, 0.5) is 5.69 Å². The first kappa shape index (κ1) is 11.0. The van der Waals surface area contributed by atoms with E-state index in [1.54, 1.807) is 6.07 Å². The van der Waals surface area contributed by atoms with Crippen molar-refractivity contribution in [3.05, 3.63) is 11.2 Å². The second kappa shape index (κ2) is 3.71. The van der Waals surface area contributed by atoms with Crippen molar-refractivity contribution in [3.8, 4) is 5.88 Å². The highest BCUT2D eigenvalue weighted by Gasteiger charge is 2.44. The van der Waals surface area contributed by atoms with Gasteiger partial charge in [0, 0.05) is 12.6 Å². The normalized spacial score (nSPS) is 25.8. The second-order valence-electron chi connectivity index (χ2n) is 4.85. The lowest BCUT2D eigenvalue weighted by Gasteiger charge is -2.49. The molecule has 1 saturated heterocycles. The lowest BCUT2D eigenvalue weighted by molar-refractivity contribution is -0.0106. The Balaban J connectivity index is 2.08. The quantitative estimate of drug-likeness (QED) is 0.703. The van der Waals surface area contributed by atoms with Gasteiger partial charge in [-0.3, -0.25) is 0 Å². The van der Waals surface area contributed by atoms with E-state index in [9.17, 15) is 0 Å². The number of hydrogen-bond donors (Lipinski definition) is 0.